The van der Waals surface area contributed by atoms with Crippen LogP contribution in [-0.4, -0.2) is 31.7 Å². The quantitative estimate of drug-likeness (QED) is 0.870. The van der Waals surface area contributed by atoms with Gasteiger partial charge in [-0.1, -0.05) is 6.07 Å². The highest BCUT2D eigenvalue weighted by molar-refractivity contribution is 7.88. The molecule has 0 aliphatic carbocycles. The van der Waals surface area contributed by atoms with Crippen LogP contribution in [0, 0.1) is 0 Å². The molecular formula is C11H16F3N3O2S. The molecule has 0 saturated heterocycles. The third-order valence-corrected chi connectivity index (χ3v) is 3.14. The van der Waals surface area contributed by atoms with Crippen molar-refractivity contribution in [2.45, 2.75) is 25.6 Å². The van der Waals surface area contributed by atoms with Gasteiger partial charge >= 0.3 is 6.18 Å². The van der Waals surface area contributed by atoms with E-state index in [4.69, 9.17) is 0 Å². The van der Waals surface area contributed by atoms with E-state index in [9.17, 15) is 21.6 Å². The topological polar surface area (TPSA) is 71.1 Å². The number of alkyl halides is 3. The summed E-state index contributed by atoms with van der Waals surface area (Å²) in [6.45, 7) is 3.30. The fraction of sp³-hybridized carbons (Fsp3) is 0.545. The maximum Gasteiger partial charge on any atom is 0.433 e. The van der Waals surface area contributed by atoms with Crippen molar-refractivity contribution < 1.29 is 21.6 Å². The first-order valence-corrected chi connectivity index (χ1v) is 7.55. The Morgan fingerprint density at radius 2 is 1.85 bits per heavy atom. The van der Waals surface area contributed by atoms with Gasteiger partial charge in [0.1, 0.15) is 11.5 Å². The summed E-state index contributed by atoms with van der Waals surface area (Å²) in [7, 11) is -3.41. The van der Waals surface area contributed by atoms with E-state index in [1.165, 1.54) is 12.1 Å². The van der Waals surface area contributed by atoms with E-state index in [2.05, 4.69) is 15.0 Å². The molecule has 0 bridgehead atoms. The van der Waals surface area contributed by atoms with Gasteiger partial charge in [0.25, 0.3) is 0 Å². The van der Waals surface area contributed by atoms with Gasteiger partial charge in [-0.15, -0.1) is 0 Å². The lowest BCUT2D eigenvalue weighted by atomic mass is 10.1. The lowest BCUT2D eigenvalue weighted by Gasteiger charge is -2.25. The molecule has 0 spiro atoms. The summed E-state index contributed by atoms with van der Waals surface area (Å²) in [6.07, 6.45) is -3.50. The van der Waals surface area contributed by atoms with Crippen molar-refractivity contribution in [2.24, 2.45) is 0 Å². The number of hydrogen-bond donors (Lipinski definition) is 2. The van der Waals surface area contributed by atoms with Gasteiger partial charge in [0.2, 0.25) is 10.0 Å². The molecule has 5 nitrogen and oxygen atoms in total. The second-order valence-corrected chi connectivity index (χ2v) is 6.77. The first-order chi connectivity index (χ1) is 8.89. The molecular weight excluding hydrogens is 295 g/mol. The number of rotatable bonds is 5. The lowest BCUT2D eigenvalue weighted by molar-refractivity contribution is -0.141. The van der Waals surface area contributed by atoms with E-state index in [0.29, 0.717) is 0 Å². The van der Waals surface area contributed by atoms with E-state index in [1.54, 1.807) is 13.8 Å². The van der Waals surface area contributed by atoms with Crippen LogP contribution in [0.15, 0.2) is 18.2 Å². The van der Waals surface area contributed by atoms with Crippen molar-refractivity contribution in [3.63, 3.8) is 0 Å². The Bertz CT molecular complexity index is 571. The second kappa shape index (κ2) is 5.57. The number of nitrogens with zero attached hydrogens (tertiary/aromatic N) is 1. The first kappa shape index (κ1) is 16.7. The van der Waals surface area contributed by atoms with Crippen LogP contribution in [-0.2, 0) is 16.2 Å². The molecule has 9 heteroatoms. The van der Waals surface area contributed by atoms with Crippen molar-refractivity contribution in [3.8, 4) is 0 Å². The summed E-state index contributed by atoms with van der Waals surface area (Å²) < 4.78 is 62.1. The zero-order chi connectivity index (χ0) is 15.6. The maximum absolute atomic E-state index is 12.5. The molecule has 1 rings (SSSR count). The zero-order valence-electron chi connectivity index (χ0n) is 11.2. The Kier molecular flexibility index (Phi) is 4.65. The molecule has 114 valence electrons. The molecule has 0 fully saturated rings. The van der Waals surface area contributed by atoms with Crippen molar-refractivity contribution in [1.82, 2.24) is 9.71 Å². The third kappa shape index (κ3) is 5.74. The molecule has 1 aromatic heterocycles. The van der Waals surface area contributed by atoms with E-state index in [-0.39, 0.29) is 12.4 Å². The summed E-state index contributed by atoms with van der Waals surface area (Å²) in [5.41, 5.74) is -1.86. The van der Waals surface area contributed by atoms with Crippen molar-refractivity contribution in [1.29, 1.82) is 0 Å². The number of nitrogens with one attached hydrogen (secondary N) is 2. The molecule has 0 aliphatic rings. The smallest absolute Gasteiger partial charge is 0.368 e. The minimum absolute atomic E-state index is 0.0307. The molecule has 2 N–H and O–H groups in total. The number of anilines is 1. The van der Waals surface area contributed by atoms with Gasteiger partial charge < -0.3 is 5.32 Å². The average Bonchev–Trinajstić information content (AvgIpc) is 2.22. The van der Waals surface area contributed by atoms with Crippen LogP contribution < -0.4 is 10.0 Å². The lowest BCUT2D eigenvalue weighted by Crippen LogP contribution is -2.47. The fourth-order valence-corrected chi connectivity index (χ4v) is 2.62. The summed E-state index contributed by atoms with van der Waals surface area (Å²) in [5.74, 6) is 0.0307. The predicted octanol–water partition coefficient (Wildman–Crippen LogP) is 1.84. The normalized spacial score (nSPS) is 13.3. The van der Waals surface area contributed by atoms with E-state index < -0.39 is 27.4 Å². The van der Waals surface area contributed by atoms with Crippen LogP contribution in [0.4, 0.5) is 19.0 Å². The highest BCUT2D eigenvalue weighted by atomic mass is 32.2. The number of halogens is 3. The molecule has 0 saturated carbocycles. The molecule has 20 heavy (non-hydrogen) atoms. The van der Waals surface area contributed by atoms with Crippen molar-refractivity contribution in [2.75, 3.05) is 18.1 Å². The van der Waals surface area contributed by atoms with Crippen LogP contribution in [0.5, 0.6) is 0 Å². The van der Waals surface area contributed by atoms with Crippen LogP contribution in [0.25, 0.3) is 0 Å². The van der Waals surface area contributed by atoms with Gasteiger partial charge in [0, 0.05) is 12.1 Å². The first-order valence-electron chi connectivity index (χ1n) is 5.66. The van der Waals surface area contributed by atoms with Crippen LogP contribution >= 0.6 is 0 Å². The molecule has 0 aliphatic heterocycles. The van der Waals surface area contributed by atoms with Gasteiger partial charge in [-0.25, -0.2) is 18.1 Å². The fourth-order valence-electron chi connectivity index (χ4n) is 1.54. The number of sulfonamides is 1. The Hall–Kier alpha value is -1.35. The zero-order valence-corrected chi connectivity index (χ0v) is 12.1. The Balaban J connectivity index is 2.76. The molecule has 0 radical (unpaired) electrons. The summed E-state index contributed by atoms with van der Waals surface area (Å²) >= 11 is 0. The number of aromatic nitrogens is 1. The molecule has 1 heterocycles. The Morgan fingerprint density at radius 1 is 1.25 bits per heavy atom. The van der Waals surface area contributed by atoms with Crippen LogP contribution in [0.1, 0.15) is 19.5 Å². The Morgan fingerprint density at radius 3 is 2.35 bits per heavy atom. The Labute approximate surface area is 115 Å². The molecule has 0 unspecified atom stereocenters. The van der Waals surface area contributed by atoms with Gasteiger partial charge in [0.05, 0.1) is 6.26 Å². The average molecular weight is 311 g/mol. The van der Waals surface area contributed by atoms with Gasteiger partial charge in [0.15, 0.2) is 0 Å². The monoisotopic (exact) mass is 311 g/mol. The number of hydrogen-bond acceptors (Lipinski definition) is 4. The van der Waals surface area contributed by atoms with Crippen molar-refractivity contribution in [3.05, 3.63) is 23.9 Å². The second-order valence-electron chi connectivity index (χ2n) is 5.02. The largest absolute Gasteiger partial charge is 0.433 e. The van der Waals surface area contributed by atoms with Gasteiger partial charge in [-0.05, 0) is 26.0 Å². The summed E-state index contributed by atoms with van der Waals surface area (Å²) in [4.78, 5) is 3.43. The highest BCUT2D eigenvalue weighted by Crippen LogP contribution is 2.28. The number of pyridine rings is 1. The predicted molar refractivity (Wildman–Crippen MR) is 69.8 cm³/mol. The van der Waals surface area contributed by atoms with Gasteiger partial charge in [-0.3, -0.25) is 0 Å². The SMILES string of the molecule is CC(C)(CNc1cccc(C(F)(F)F)n1)NS(C)(=O)=O. The summed E-state index contributed by atoms with van der Waals surface area (Å²) in [6, 6.07) is 3.48. The van der Waals surface area contributed by atoms with Crippen molar-refractivity contribution >= 4 is 15.8 Å². The molecule has 0 aromatic carbocycles. The molecule has 0 atom stereocenters. The van der Waals surface area contributed by atoms with Crippen LogP contribution in [0.2, 0.25) is 0 Å². The highest BCUT2D eigenvalue weighted by Gasteiger charge is 2.32. The summed E-state index contributed by atoms with van der Waals surface area (Å²) in [5, 5.41) is 2.68. The van der Waals surface area contributed by atoms with E-state index >= 15 is 0 Å². The van der Waals surface area contributed by atoms with E-state index in [1.807, 2.05) is 0 Å². The third-order valence-electron chi connectivity index (χ3n) is 2.21. The minimum Gasteiger partial charge on any atom is -0.368 e. The standard InChI is InChI=1S/C11H16F3N3O2S/c1-10(2,17-20(3,18)19)7-15-9-6-4-5-8(16-9)11(12,13)14/h4-6,17H,7H2,1-3H3,(H,15,16). The minimum atomic E-state index is -4.52. The van der Waals surface area contributed by atoms with Crippen LogP contribution in [0.3, 0.4) is 0 Å². The maximum atomic E-state index is 12.5. The van der Waals surface area contributed by atoms with E-state index in [0.717, 1.165) is 12.3 Å². The molecule has 0 amide bonds. The van der Waals surface area contributed by atoms with Gasteiger partial charge in [-0.2, -0.15) is 13.2 Å². The molecule has 1 aromatic rings.